The molecule has 3 nitrogen and oxygen atoms in total. The van der Waals surface area contributed by atoms with Crippen LogP contribution < -0.4 is 5.32 Å². The first-order valence-electron chi connectivity index (χ1n) is 6.26. The molecule has 0 saturated carbocycles. The summed E-state index contributed by atoms with van der Waals surface area (Å²) in [4.78, 5) is 14.2. The van der Waals surface area contributed by atoms with E-state index in [2.05, 4.69) is 12.2 Å². The summed E-state index contributed by atoms with van der Waals surface area (Å²) in [7, 11) is 0. The minimum absolute atomic E-state index is 0.154. The van der Waals surface area contributed by atoms with Crippen LogP contribution in [-0.4, -0.2) is 36.5 Å². The fourth-order valence-corrected chi connectivity index (χ4v) is 2.09. The van der Waals surface area contributed by atoms with Crippen molar-refractivity contribution in [1.29, 1.82) is 0 Å². The zero-order valence-corrected chi connectivity index (χ0v) is 10.6. The van der Waals surface area contributed by atoms with Crippen LogP contribution in [0.4, 0.5) is 0 Å². The quantitative estimate of drug-likeness (QED) is 0.801. The third kappa shape index (κ3) is 3.07. The number of carbonyl (C=O) groups is 1. The highest BCUT2D eigenvalue weighted by Crippen LogP contribution is 2.09. The number of aryl methyl sites for hydroxylation is 1. The van der Waals surface area contributed by atoms with Crippen LogP contribution in [-0.2, 0) is 0 Å². The van der Waals surface area contributed by atoms with Crippen molar-refractivity contribution in [2.45, 2.75) is 26.3 Å². The van der Waals surface area contributed by atoms with Crippen LogP contribution in [0.3, 0.4) is 0 Å². The number of nitrogens with one attached hydrogen (secondary N) is 1. The average molecular weight is 232 g/mol. The first-order valence-corrected chi connectivity index (χ1v) is 6.26. The number of hydrogen-bond acceptors (Lipinski definition) is 2. The number of hydrogen-bond donors (Lipinski definition) is 1. The van der Waals surface area contributed by atoms with Crippen LogP contribution in [0, 0.1) is 6.92 Å². The SMILES string of the molecule is Cc1ccc(C(=O)N2CCNC(C)CC2)cc1. The molecule has 1 aromatic rings. The molecule has 0 spiro atoms. The maximum Gasteiger partial charge on any atom is 0.253 e. The number of carbonyl (C=O) groups excluding carboxylic acids is 1. The second-order valence-electron chi connectivity index (χ2n) is 4.80. The second kappa shape index (κ2) is 5.32. The van der Waals surface area contributed by atoms with Crippen molar-refractivity contribution in [1.82, 2.24) is 10.2 Å². The Kier molecular flexibility index (Phi) is 3.79. The van der Waals surface area contributed by atoms with E-state index in [1.54, 1.807) is 0 Å². The minimum atomic E-state index is 0.154. The molecule has 1 aliphatic rings. The fourth-order valence-electron chi connectivity index (χ4n) is 2.09. The molecular formula is C14H20N2O. The standard InChI is InChI=1S/C14H20N2O/c1-11-3-5-13(6-4-11)14(17)16-9-7-12(2)15-8-10-16/h3-6,12,15H,7-10H2,1-2H3. The molecule has 17 heavy (non-hydrogen) atoms. The van der Waals surface area contributed by atoms with Crippen LogP contribution in [0.5, 0.6) is 0 Å². The summed E-state index contributed by atoms with van der Waals surface area (Å²) < 4.78 is 0. The maximum atomic E-state index is 12.3. The molecular weight excluding hydrogens is 212 g/mol. The summed E-state index contributed by atoms with van der Waals surface area (Å²) in [5, 5.41) is 3.40. The van der Waals surface area contributed by atoms with Gasteiger partial charge in [-0.05, 0) is 32.4 Å². The number of benzene rings is 1. The van der Waals surface area contributed by atoms with Crippen LogP contribution >= 0.6 is 0 Å². The Labute approximate surface area is 103 Å². The van der Waals surface area contributed by atoms with Gasteiger partial charge in [-0.3, -0.25) is 4.79 Å². The van der Waals surface area contributed by atoms with Gasteiger partial charge in [0, 0.05) is 31.2 Å². The molecule has 0 aliphatic carbocycles. The van der Waals surface area contributed by atoms with Crippen LogP contribution in [0.25, 0.3) is 0 Å². The van der Waals surface area contributed by atoms with Crippen molar-refractivity contribution in [3.8, 4) is 0 Å². The van der Waals surface area contributed by atoms with E-state index in [1.807, 2.05) is 36.1 Å². The van der Waals surface area contributed by atoms with Crippen LogP contribution in [0.1, 0.15) is 29.3 Å². The molecule has 1 heterocycles. The van der Waals surface area contributed by atoms with E-state index in [4.69, 9.17) is 0 Å². The molecule has 92 valence electrons. The Morgan fingerprint density at radius 2 is 2.00 bits per heavy atom. The van der Waals surface area contributed by atoms with Gasteiger partial charge in [0.05, 0.1) is 0 Å². The molecule has 2 rings (SSSR count). The van der Waals surface area contributed by atoms with Gasteiger partial charge in [-0.15, -0.1) is 0 Å². The van der Waals surface area contributed by atoms with Gasteiger partial charge in [-0.1, -0.05) is 17.7 Å². The highest BCUT2D eigenvalue weighted by atomic mass is 16.2. The van der Waals surface area contributed by atoms with E-state index in [0.717, 1.165) is 31.6 Å². The molecule has 0 bridgehead atoms. The lowest BCUT2D eigenvalue weighted by Crippen LogP contribution is -2.34. The summed E-state index contributed by atoms with van der Waals surface area (Å²) in [6.07, 6.45) is 1.03. The van der Waals surface area contributed by atoms with Crippen molar-refractivity contribution in [3.05, 3.63) is 35.4 Å². The molecule has 3 heteroatoms. The Balaban J connectivity index is 2.06. The second-order valence-corrected chi connectivity index (χ2v) is 4.80. The Morgan fingerprint density at radius 3 is 2.71 bits per heavy atom. The lowest BCUT2D eigenvalue weighted by Gasteiger charge is -2.20. The summed E-state index contributed by atoms with van der Waals surface area (Å²) in [6.45, 7) is 6.74. The summed E-state index contributed by atoms with van der Waals surface area (Å²) in [5.41, 5.74) is 1.98. The highest BCUT2D eigenvalue weighted by Gasteiger charge is 2.18. The molecule has 1 atom stereocenters. The highest BCUT2D eigenvalue weighted by molar-refractivity contribution is 5.94. The molecule has 1 amide bonds. The van der Waals surface area contributed by atoms with Gasteiger partial charge in [0.15, 0.2) is 0 Å². The van der Waals surface area contributed by atoms with E-state index in [0.29, 0.717) is 6.04 Å². The summed E-state index contributed by atoms with van der Waals surface area (Å²) in [5.74, 6) is 0.154. The molecule has 1 N–H and O–H groups in total. The molecule has 1 unspecified atom stereocenters. The van der Waals surface area contributed by atoms with E-state index in [1.165, 1.54) is 5.56 Å². The molecule has 1 saturated heterocycles. The van der Waals surface area contributed by atoms with Crippen LogP contribution in [0.15, 0.2) is 24.3 Å². The maximum absolute atomic E-state index is 12.3. The first kappa shape index (κ1) is 12.1. The normalized spacial score (nSPS) is 21.1. The van der Waals surface area contributed by atoms with Gasteiger partial charge >= 0.3 is 0 Å². The third-order valence-electron chi connectivity index (χ3n) is 3.29. The lowest BCUT2D eigenvalue weighted by molar-refractivity contribution is 0.0765. The smallest absolute Gasteiger partial charge is 0.253 e. The summed E-state index contributed by atoms with van der Waals surface area (Å²) in [6, 6.07) is 8.32. The monoisotopic (exact) mass is 232 g/mol. The van der Waals surface area contributed by atoms with E-state index < -0.39 is 0 Å². The fraction of sp³-hybridized carbons (Fsp3) is 0.500. The molecule has 0 aromatic heterocycles. The largest absolute Gasteiger partial charge is 0.337 e. The Bertz CT molecular complexity index is 386. The Morgan fingerprint density at radius 1 is 1.29 bits per heavy atom. The van der Waals surface area contributed by atoms with Crippen molar-refractivity contribution >= 4 is 5.91 Å². The minimum Gasteiger partial charge on any atom is -0.337 e. The molecule has 1 fully saturated rings. The van der Waals surface area contributed by atoms with Crippen molar-refractivity contribution < 1.29 is 4.79 Å². The van der Waals surface area contributed by atoms with Gasteiger partial charge in [0.2, 0.25) is 0 Å². The van der Waals surface area contributed by atoms with Gasteiger partial charge in [0.1, 0.15) is 0 Å². The van der Waals surface area contributed by atoms with E-state index >= 15 is 0 Å². The zero-order valence-electron chi connectivity index (χ0n) is 10.6. The third-order valence-corrected chi connectivity index (χ3v) is 3.29. The van der Waals surface area contributed by atoms with Gasteiger partial charge in [-0.25, -0.2) is 0 Å². The van der Waals surface area contributed by atoms with Gasteiger partial charge in [0.25, 0.3) is 5.91 Å². The molecule has 0 radical (unpaired) electrons. The van der Waals surface area contributed by atoms with Crippen molar-refractivity contribution in [2.24, 2.45) is 0 Å². The summed E-state index contributed by atoms with van der Waals surface area (Å²) >= 11 is 0. The van der Waals surface area contributed by atoms with Crippen molar-refractivity contribution in [3.63, 3.8) is 0 Å². The zero-order chi connectivity index (χ0) is 12.3. The number of rotatable bonds is 1. The Hall–Kier alpha value is -1.35. The predicted octanol–water partition coefficient (Wildman–Crippen LogP) is 1.82. The van der Waals surface area contributed by atoms with E-state index in [9.17, 15) is 4.79 Å². The predicted molar refractivity (Wildman–Crippen MR) is 69.2 cm³/mol. The topological polar surface area (TPSA) is 32.3 Å². The average Bonchev–Trinajstić information content (AvgIpc) is 2.54. The molecule has 1 aromatic carbocycles. The lowest BCUT2D eigenvalue weighted by atomic mass is 10.1. The van der Waals surface area contributed by atoms with Crippen LogP contribution in [0.2, 0.25) is 0 Å². The van der Waals surface area contributed by atoms with Crippen molar-refractivity contribution in [2.75, 3.05) is 19.6 Å². The van der Waals surface area contributed by atoms with Gasteiger partial charge < -0.3 is 10.2 Å². The number of amides is 1. The molecule has 1 aliphatic heterocycles. The number of nitrogens with zero attached hydrogens (tertiary/aromatic N) is 1. The first-order chi connectivity index (χ1) is 8.16. The van der Waals surface area contributed by atoms with Gasteiger partial charge in [-0.2, -0.15) is 0 Å². The van der Waals surface area contributed by atoms with E-state index in [-0.39, 0.29) is 5.91 Å².